The lowest BCUT2D eigenvalue weighted by Crippen LogP contribution is -2.38. The number of aromatic amines is 1. The van der Waals surface area contributed by atoms with Crippen molar-refractivity contribution in [3.63, 3.8) is 0 Å². The fourth-order valence-electron chi connectivity index (χ4n) is 3.04. The highest BCUT2D eigenvalue weighted by Crippen LogP contribution is 2.29. The van der Waals surface area contributed by atoms with Gasteiger partial charge in [-0.05, 0) is 29.1 Å². The summed E-state index contributed by atoms with van der Waals surface area (Å²) in [5.41, 5.74) is 2.07. The molecule has 148 valence electrons. The highest BCUT2D eigenvalue weighted by molar-refractivity contribution is 7.19. The van der Waals surface area contributed by atoms with Crippen LogP contribution in [0, 0.1) is 0 Å². The Morgan fingerprint density at radius 1 is 1.17 bits per heavy atom. The summed E-state index contributed by atoms with van der Waals surface area (Å²) >= 11 is 1.61. The molecule has 0 aliphatic rings. The van der Waals surface area contributed by atoms with Crippen molar-refractivity contribution in [1.82, 2.24) is 25.8 Å². The SMILES string of the molecule is CN=C(NCc1cccc(-c2ncn[nH]2)c1)NCC(O)c1cc2ccccc2s1. The van der Waals surface area contributed by atoms with Crippen molar-refractivity contribution in [2.45, 2.75) is 12.6 Å². The number of benzene rings is 2. The predicted octanol–water partition coefficient (Wildman–Crippen LogP) is 3.09. The Morgan fingerprint density at radius 3 is 2.86 bits per heavy atom. The Labute approximate surface area is 172 Å². The van der Waals surface area contributed by atoms with E-state index in [-0.39, 0.29) is 0 Å². The van der Waals surface area contributed by atoms with Crippen molar-refractivity contribution >= 4 is 27.4 Å². The summed E-state index contributed by atoms with van der Waals surface area (Å²) in [5, 5.41) is 24.9. The Hall–Kier alpha value is -3.23. The number of nitrogens with zero attached hydrogens (tertiary/aromatic N) is 3. The van der Waals surface area contributed by atoms with Crippen LogP contribution in [0.25, 0.3) is 21.5 Å². The third-order valence-electron chi connectivity index (χ3n) is 4.53. The fourth-order valence-corrected chi connectivity index (χ4v) is 4.09. The summed E-state index contributed by atoms with van der Waals surface area (Å²) < 4.78 is 1.18. The number of hydrogen-bond acceptors (Lipinski definition) is 5. The van der Waals surface area contributed by atoms with Gasteiger partial charge in [-0.25, -0.2) is 4.98 Å². The number of guanidine groups is 1. The van der Waals surface area contributed by atoms with Crippen molar-refractivity contribution in [3.05, 3.63) is 71.4 Å². The van der Waals surface area contributed by atoms with Crippen LogP contribution in [0.15, 0.2) is 65.9 Å². The Morgan fingerprint density at radius 2 is 2.07 bits per heavy atom. The second-order valence-electron chi connectivity index (χ2n) is 6.54. The standard InChI is InChI=1S/C21H22N6OS/c1-22-21(23-11-14-5-4-7-16(9-14)20-25-13-26-27-20)24-12-17(28)19-10-15-6-2-3-8-18(15)29-19/h2-10,13,17,28H,11-12H2,1H3,(H2,22,23,24)(H,25,26,27). The van der Waals surface area contributed by atoms with E-state index >= 15 is 0 Å². The van der Waals surface area contributed by atoms with Crippen molar-refractivity contribution in [2.24, 2.45) is 4.99 Å². The first-order valence-electron chi connectivity index (χ1n) is 9.28. The van der Waals surface area contributed by atoms with E-state index in [1.807, 2.05) is 42.5 Å². The third kappa shape index (κ3) is 4.61. The molecule has 4 rings (SSSR count). The monoisotopic (exact) mass is 406 g/mol. The van der Waals surface area contributed by atoms with Crippen molar-refractivity contribution in [3.8, 4) is 11.4 Å². The lowest BCUT2D eigenvalue weighted by atomic mass is 10.1. The summed E-state index contributed by atoms with van der Waals surface area (Å²) in [6.45, 7) is 0.977. The Bertz CT molecular complexity index is 1070. The average molecular weight is 407 g/mol. The first kappa shape index (κ1) is 19.1. The largest absolute Gasteiger partial charge is 0.386 e. The van der Waals surface area contributed by atoms with Crippen LogP contribution in [-0.2, 0) is 6.54 Å². The van der Waals surface area contributed by atoms with Crippen LogP contribution in [0.1, 0.15) is 16.5 Å². The normalized spacial score (nSPS) is 12.8. The molecule has 2 aromatic carbocycles. The molecule has 0 aliphatic heterocycles. The topological polar surface area (TPSA) is 98.2 Å². The molecule has 0 bridgehead atoms. The molecule has 4 aromatic rings. The maximum absolute atomic E-state index is 10.5. The summed E-state index contributed by atoms with van der Waals surface area (Å²) in [5.74, 6) is 1.37. The van der Waals surface area contributed by atoms with Gasteiger partial charge in [-0.1, -0.05) is 36.4 Å². The van der Waals surface area contributed by atoms with Gasteiger partial charge in [-0.3, -0.25) is 10.1 Å². The predicted molar refractivity (Wildman–Crippen MR) is 117 cm³/mol. The van der Waals surface area contributed by atoms with E-state index in [1.54, 1.807) is 18.4 Å². The van der Waals surface area contributed by atoms with Gasteiger partial charge in [0.25, 0.3) is 0 Å². The summed E-state index contributed by atoms with van der Waals surface area (Å²) in [6, 6.07) is 18.2. The van der Waals surface area contributed by atoms with Gasteiger partial charge in [0.1, 0.15) is 12.4 Å². The molecule has 0 saturated heterocycles. The zero-order chi connectivity index (χ0) is 20.1. The van der Waals surface area contributed by atoms with Gasteiger partial charge in [0.2, 0.25) is 0 Å². The van der Waals surface area contributed by atoms with Crippen molar-refractivity contribution in [1.29, 1.82) is 0 Å². The fraction of sp³-hybridized carbons (Fsp3) is 0.190. The van der Waals surface area contributed by atoms with Gasteiger partial charge < -0.3 is 15.7 Å². The van der Waals surface area contributed by atoms with Gasteiger partial charge in [-0.15, -0.1) is 11.3 Å². The molecule has 0 fully saturated rings. The number of aliphatic hydroxyl groups is 1. The number of fused-ring (bicyclic) bond motifs is 1. The van der Waals surface area contributed by atoms with Crippen LogP contribution >= 0.6 is 11.3 Å². The molecule has 0 saturated carbocycles. The molecule has 1 unspecified atom stereocenters. The van der Waals surface area contributed by atoms with E-state index in [2.05, 4.69) is 42.9 Å². The first-order chi connectivity index (χ1) is 14.2. The maximum Gasteiger partial charge on any atom is 0.191 e. The number of hydrogen-bond donors (Lipinski definition) is 4. The highest BCUT2D eigenvalue weighted by atomic mass is 32.1. The lowest BCUT2D eigenvalue weighted by molar-refractivity contribution is 0.184. The number of aliphatic hydroxyl groups excluding tert-OH is 1. The Balaban J connectivity index is 1.33. The minimum Gasteiger partial charge on any atom is -0.386 e. The van der Waals surface area contributed by atoms with E-state index in [1.165, 1.54) is 11.0 Å². The van der Waals surface area contributed by atoms with Crippen molar-refractivity contribution in [2.75, 3.05) is 13.6 Å². The molecular weight excluding hydrogens is 384 g/mol. The first-order valence-corrected chi connectivity index (χ1v) is 10.1. The highest BCUT2D eigenvalue weighted by Gasteiger charge is 2.12. The van der Waals surface area contributed by atoms with Crippen LogP contribution in [0.5, 0.6) is 0 Å². The molecule has 8 heteroatoms. The molecule has 2 heterocycles. The zero-order valence-corrected chi connectivity index (χ0v) is 16.8. The number of H-pyrrole nitrogens is 1. The quantitative estimate of drug-likeness (QED) is 0.291. The Kier molecular flexibility index (Phi) is 5.83. The van der Waals surface area contributed by atoms with Gasteiger partial charge in [-0.2, -0.15) is 5.10 Å². The van der Waals surface area contributed by atoms with Gasteiger partial charge in [0.05, 0.1) is 0 Å². The van der Waals surface area contributed by atoms with Gasteiger partial charge in [0.15, 0.2) is 11.8 Å². The van der Waals surface area contributed by atoms with Crippen LogP contribution < -0.4 is 10.6 Å². The molecule has 4 N–H and O–H groups in total. The van der Waals surface area contributed by atoms with Crippen LogP contribution in [-0.4, -0.2) is 39.8 Å². The second-order valence-corrected chi connectivity index (χ2v) is 7.66. The number of thiophene rings is 1. The molecule has 2 aromatic heterocycles. The summed E-state index contributed by atoms with van der Waals surface area (Å²) in [4.78, 5) is 9.36. The second kappa shape index (κ2) is 8.85. The van der Waals surface area contributed by atoms with E-state index in [0.29, 0.717) is 19.0 Å². The van der Waals surface area contributed by atoms with Crippen molar-refractivity contribution < 1.29 is 5.11 Å². The average Bonchev–Trinajstić information content (AvgIpc) is 3.44. The lowest BCUT2D eigenvalue weighted by Gasteiger charge is -2.15. The molecule has 0 aliphatic carbocycles. The van der Waals surface area contributed by atoms with Gasteiger partial charge >= 0.3 is 0 Å². The number of nitrogens with one attached hydrogen (secondary N) is 3. The molecule has 1 atom stereocenters. The molecule has 0 spiro atoms. The van der Waals surface area contributed by atoms with Gasteiger partial charge in [0, 0.05) is 35.3 Å². The number of rotatable bonds is 6. The van der Waals surface area contributed by atoms with Crippen LogP contribution in [0.4, 0.5) is 0 Å². The minimum atomic E-state index is -0.597. The minimum absolute atomic E-state index is 0.380. The zero-order valence-electron chi connectivity index (χ0n) is 16.0. The number of aliphatic imine (C=N–C) groups is 1. The molecule has 0 amide bonds. The molecule has 7 nitrogen and oxygen atoms in total. The summed E-state index contributed by atoms with van der Waals surface area (Å²) in [7, 11) is 1.71. The third-order valence-corrected chi connectivity index (χ3v) is 5.75. The number of aromatic nitrogens is 3. The smallest absolute Gasteiger partial charge is 0.191 e. The van der Waals surface area contributed by atoms with E-state index in [9.17, 15) is 5.11 Å². The molecular formula is C21H22N6OS. The van der Waals surface area contributed by atoms with E-state index < -0.39 is 6.10 Å². The van der Waals surface area contributed by atoms with E-state index in [0.717, 1.165) is 27.2 Å². The van der Waals surface area contributed by atoms with E-state index in [4.69, 9.17) is 0 Å². The molecule has 29 heavy (non-hydrogen) atoms. The summed E-state index contributed by atoms with van der Waals surface area (Å²) in [6.07, 6.45) is 0.897. The van der Waals surface area contributed by atoms with Crippen LogP contribution in [0.2, 0.25) is 0 Å². The maximum atomic E-state index is 10.5. The van der Waals surface area contributed by atoms with Crippen LogP contribution in [0.3, 0.4) is 0 Å². The molecule has 0 radical (unpaired) electrons.